The van der Waals surface area contributed by atoms with Crippen LogP contribution in [0.4, 0.5) is 0 Å². The maximum Gasteiger partial charge on any atom is 0.138 e. The van der Waals surface area contributed by atoms with E-state index in [4.69, 9.17) is 5.73 Å². The molecule has 0 spiro atoms. The lowest BCUT2D eigenvalue weighted by atomic mass is 9.71. The summed E-state index contributed by atoms with van der Waals surface area (Å²) in [6.45, 7) is 8.90. The Morgan fingerprint density at radius 1 is 1.42 bits per heavy atom. The van der Waals surface area contributed by atoms with Gasteiger partial charge in [0.25, 0.3) is 0 Å². The normalized spacial score (nSPS) is 28.3. The zero-order chi connectivity index (χ0) is 14.0. The van der Waals surface area contributed by atoms with Crippen molar-refractivity contribution in [3.63, 3.8) is 0 Å². The minimum Gasteiger partial charge on any atom is -0.325 e. The van der Waals surface area contributed by atoms with Gasteiger partial charge in [-0.25, -0.2) is 9.67 Å². The van der Waals surface area contributed by atoms with Gasteiger partial charge < -0.3 is 5.73 Å². The van der Waals surface area contributed by atoms with Crippen LogP contribution in [0, 0.1) is 11.8 Å². The molecule has 1 aliphatic carbocycles. The SMILES string of the molecule is CC(C)C1CCCC(N)(Cc2ncnn2C(C)C)C1. The van der Waals surface area contributed by atoms with Crippen LogP contribution in [0.1, 0.15) is 65.2 Å². The molecule has 0 radical (unpaired) electrons. The van der Waals surface area contributed by atoms with Crippen LogP contribution in [-0.2, 0) is 6.42 Å². The third-order valence-electron chi connectivity index (χ3n) is 4.51. The summed E-state index contributed by atoms with van der Waals surface area (Å²) in [5.41, 5.74) is 6.58. The number of hydrogen-bond donors (Lipinski definition) is 1. The molecule has 2 atom stereocenters. The second-order valence-corrected chi connectivity index (χ2v) is 6.85. The highest BCUT2D eigenvalue weighted by atomic mass is 15.3. The summed E-state index contributed by atoms with van der Waals surface area (Å²) in [5.74, 6) is 2.53. The van der Waals surface area contributed by atoms with E-state index in [1.807, 2.05) is 4.68 Å². The lowest BCUT2D eigenvalue weighted by Crippen LogP contribution is -2.47. The maximum atomic E-state index is 6.67. The van der Waals surface area contributed by atoms with E-state index in [2.05, 4.69) is 37.8 Å². The summed E-state index contributed by atoms with van der Waals surface area (Å²) in [5, 5.41) is 4.32. The van der Waals surface area contributed by atoms with Crippen molar-refractivity contribution in [2.24, 2.45) is 17.6 Å². The van der Waals surface area contributed by atoms with Crippen LogP contribution in [-0.4, -0.2) is 20.3 Å². The highest BCUT2D eigenvalue weighted by Gasteiger charge is 2.35. The fourth-order valence-electron chi connectivity index (χ4n) is 3.32. The van der Waals surface area contributed by atoms with E-state index in [0.717, 1.165) is 36.9 Å². The molecule has 1 heterocycles. The number of nitrogens with two attached hydrogens (primary N) is 1. The fraction of sp³-hybridized carbons (Fsp3) is 0.867. The zero-order valence-electron chi connectivity index (χ0n) is 12.8. The predicted octanol–water partition coefficient (Wildman–Crippen LogP) is 2.95. The molecule has 0 aliphatic heterocycles. The van der Waals surface area contributed by atoms with Gasteiger partial charge in [0, 0.05) is 18.0 Å². The number of nitrogens with zero attached hydrogens (tertiary/aromatic N) is 3. The molecule has 1 aromatic heterocycles. The van der Waals surface area contributed by atoms with Gasteiger partial charge in [0.15, 0.2) is 0 Å². The Hall–Kier alpha value is -0.900. The first kappa shape index (κ1) is 14.5. The molecule has 1 saturated carbocycles. The van der Waals surface area contributed by atoms with Crippen molar-refractivity contribution >= 4 is 0 Å². The lowest BCUT2D eigenvalue weighted by Gasteiger charge is -2.39. The summed E-state index contributed by atoms with van der Waals surface area (Å²) in [4.78, 5) is 4.42. The van der Waals surface area contributed by atoms with Crippen LogP contribution in [0.15, 0.2) is 6.33 Å². The number of hydrogen-bond acceptors (Lipinski definition) is 3. The van der Waals surface area contributed by atoms with Crippen molar-refractivity contribution < 1.29 is 0 Å². The highest BCUT2D eigenvalue weighted by Crippen LogP contribution is 2.36. The molecule has 0 bridgehead atoms. The van der Waals surface area contributed by atoms with Crippen molar-refractivity contribution in [3.05, 3.63) is 12.2 Å². The van der Waals surface area contributed by atoms with Crippen molar-refractivity contribution in [1.82, 2.24) is 14.8 Å². The molecule has 4 nitrogen and oxygen atoms in total. The van der Waals surface area contributed by atoms with E-state index in [1.165, 1.54) is 12.8 Å². The van der Waals surface area contributed by atoms with Crippen LogP contribution in [0.3, 0.4) is 0 Å². The molecule has 0 saturated heterocycles. The second kappa shape index (κ2) is 5.61. The molecule has 19 heavy (non-hydrogen) atoms. The van der Waals surface area contributed by atoms with Crippen molar-refractivity contribution in [3.8, 4) is 0 Å². The van der Waals surface area contributed by atoms with Gasteiger partial charge in [-0.3, -0.25) is 0 Å². The highest BCUT2D eigenvalue weighted by molar-refractivity contribution is 5.01. The van der Waals surface area contributed by atoms with Crippen LogP contribution >= 0.6 is 0 Å². The van der Waals surface area contributed by atoms with Gasteiger partial charge in [0.1, 0.15) is 12.2 Å². The summed E-state index contributed by atoms with van der Waals surface area (Å²) in [6, 6.07) is 0.352. The molecule has 2 unspecified atom stereocenters. The van der Waals surface area contributed by atoms with Crippen LogP contribution in [0.2, 0.25) is 0 Å². The van der Waals surface area contributed by atoms with E-state index < -0.39 is 0 Å². The second-order valence-electron chi connectivity index (χ2n) is 6.85. The van der Waals surface area contributed by atoms with Gasteiger partial charge in [-0.05, 0) is 38.5 Å². The molecular formula is C15H28N4. The van der Waals surface area contributed by atoms with Gasteiger partial charge in [0.05, 0.1) is 0 Å². The Morgan fingerprint density at radius 3 is 2.79 bits per heavy atom. The molecule has 1 aromatic rings. The van der Waals surface area contributed by atoms with Gasteiger partial charge >= 0.3 is 0 Å². The smallest absolute Gasteiger partial charge is 0.138 e. The standard InChI is InChI=1S/C15H28N4/c1-11(2)13-6-5-7-15(16,8-13)9-14-17-10-18-19(14)12(3)4/h10-13H,5-9,16H2,1-4H3. The molecular weight excluding hydrogens is 236 g/mol. The van der Waals surface area contributed by atoms with Gasteiger partial charge in [-0.1, -0.05) is 26.7 Å². The molecule has 2 rings (SSSR count). The van der Waals surface area contributed by atoms with E-state index in [9.17, 15) is 0 Å². The maximum absolute atomic E-state index is 6.67. The molecule has 0 aromatic carbocycles. The van der Waals surface area contributed by atoms with Crippen LogP contribution < -0.4 is 5.73 Å². The summed E-state index contributed by atoms with van der Waals surface area (Å²) >= 11 is 0. The quantitative estimate of drug-likeness (QED) is 0.909. The van der Waals surface area contributed by atoms with Crippen molar-refractivity contribution in [2.75, 3.05) is 0 Å². The van der Waals surface area contributed by atoms with Crippen molar-refractivity contribution in [1.29, 1.82) is 0 Å². The topological polar surface area (TPSA) is 56.7 Å². The summed E-state index contributed by atoms with van der Waals surface area (Å²) in [6.07, 6.45) is 7.31. The zero-order valence-corrected chi connectivity index (χ0v) is 12.8. The van der Waals surface area contributed by atoms with Crippen LogP contribution in [0.25, 0.3) is 0 Å². The minimum absolute atomic E-state index is 0.0904. The molecule has 4 heteroatoms. The molecule has 1 aliphatic rings. The Balaban J connectivity index is 2.10. The fourth-order valence-corrected chi connectivity index (χ4v) is 3.32. The summed E-state index contributed by atoms with van der Waals surface area (Å²) in [7, 11) is 0. The first-order chi connectivity index (χ1) is 8.91. The van der Waals surface area contributed by atoms with Gasteiger partial charge in [-0.15, -0.1) is 0 Å². The Labute approximate surface area is 116 Å². The summed E-state index contributed by atoms with van der Waals surface area (Å²) < 4.78 is 2.01. The average Bonchev–Trinajstić information content (AvgIpc) is 2.76. The monoisotopic (exact) mass is 264 g/mol. The Bertz CT molecular complexity index is 410. The average molecular weight is 264 g/mol. The van der Waals surface area contributed by atoms with E-state index >= 15 is 0 Å². The number of aromatic nitrogens is 3. The molecule has 1 fully saturated rings. The molecule has 108 valence electrons. The lowest BCUT2D eigenvalue weighted by molar-refractivity contribution is 0.179. The molecule has 0 amide bonds. The van der Waals surface area contributed by atoms with Crippen LogP contribution in [0.5, 0.6) is 0 Å². The first-order valence-corrected chi connectivity index (χ1v) is 7.58. The number of rotatable bonds is 4. The minimum atomic E-state index is -0.0904. The third kappa shape index (κ3) is 3.35. The largest absolute Gasteiger partial charge is 0.325 e. The third-order valence-corrected chi connectivity index (χ3v) is 4.51. The van der Waals surface area contributed by atoms with E-state index in [0.29, 0.717) is 6.04 Å². The van der Waals surface area contributed by atoms with Gasteiger partial charge in [-0.2, -0.15) is 5.10 Å². The van der Waals surface area contributed by atoms with E-state index in [-0.39, 0.29) is 5.54 Å². The van der Waals surface area contributed by atoms with Gasteiger partial charge in [0.2, 0.25) is 0 Å². The van der Waals surface area contributed by atoms with E-state index in [1.54, 1.807) is 6.33 Å². The Kier molecular flexibility index (Phi) is 4.29. The molecule has 2 N–H and O–H groups in total. The predicted molar refractivity (Wildman–Crippen MR) is 77.8 cm³/mol. The Morgan fingerprint density at radius 2 is 2.16 bits per heavy atom. The van der Waals surface area contributed by atoms with Crippen molar-refractivity contribution in [2.45, 2.75) is 71.4 Å². The first-order valence-electron chi connectivity index (χ1n) is 7.58.